The molecule has 2 heterocycles. The Morgan fingerprint density at radius 2 is 1.63 bits per heavy atom. The van der Waals surface area contributed by atoms with Crippen LogP contribution in [0.1, 0.15) is 25.0 Å². The van der Waals surface area contributed by atoms with Crippen LogP contribution in [0.25, 0.3) is 22.5 Å². The van der Waals surface area contributed by atoms with Crippen molar-refractivity contribution in [3.63, 3.8) is 0 Å². The van der Waals surface area contributed by atoms with Crippen LogP contribution < -0.4 is 5.73 Å². The van der Waals surface area contributed by atoms with Gasteiger partial charge in [0.15, 0.2) is 5.16 Å². The van der Waals surface area contributed by atoms with Crippen molar-refractivity contribution in [2.75, 3.05) is 11.5 Å². The van der Waals surface area contributed by atoms with Crippen LogP contribution in [0.4, 0.5) is 5.82 Å². The highest BCUT2D eigenvalue weighted by atomic mass is 32.2. The maximum Gasteiger partial charge on any atom is 0.166 e. The van der Waals surface area contributed by atoms with Gasteiger partial charge in [0.2, 0.25) is 0 Å². The van der Waals surface area contributed by atoms with E-state index in [4.69, 9.17) is 10.7 Å². The van der Waals surface area contributed by atoms with Gasteiger partial charge in [0.1, 0.15) is 5.82 Å². The molecule has 3 N–H and O–H groups in total. The number of nitrogens with zero attached hydrogens (tertiary/aromatic N) is 3. The lowest BCUT2D eigenvalue weighted by Crippen LogP contribution is -2.03. The van der Waals surface area contributed by atoms with Gasteiger partial charge in [-0.2, -0.15) is 5.10 Å². The maximum absolute atomic E-state index is 5.75. The zero-order valence-corrected chi connectivity index (χ0v) is 18.0. The summed E-state index contributed by atoms with van der Waals surface area (Å²) in [6, 6.07) is 22.7. The molecule has 6 heteroatoms. The molecule has 2 aromatic carbocycles. The Labute approximate surface area is 181 Å². The summed E-state index contributed by atoms with van der Waals surface area (Å²) in [4.78, 5) is 8.46. The van der Waals surface area contributed by atoms with E-state index in [1.807, 2.05) is 29.8 Å². The molecule has 0 amide bonds. The molecule has 0 aliphatic heterocycles. The first kappa shape index (κ1) is 20.3. The second-order valence-electron chi connectivity index (χ2n) is 7.34. The van der Waals surface area contributed by atoms with Gasteiger partial charge in [0.25, 0.3) is 0 Å². The first-order valence-corrected chi connectivity index (χ1v) is 11.3. The first-order chi connectivity index (χ1) is 14.7. The van der Waals surface area contributed by atoms with Crippen LogP contribution in [-0.2, 0) is 6.54 Å². The van der Waals surface area contributed by atoms with Gasteiger partial charge in [-0.15, -0.1) is 0 Å². The highest BCUT2D eigenvalue weighted by Gasteiger charge is 2.14. The van der Waals surface area contributed by atoms with E-state index in [1.165, 1.54) is 0 Å². The van der Waals surface area contributed by atoms with Gasteiger partial charge >= 0.3 is 0 Å². The van der Waals surface area contributed by atoms with Crippen LogP contribution in [0.2, 0.25) is 0 Å². The normalized spacial score (nSPS) is 11.1. The second-order valence-corrected chi connectivity index (χ2v) is 8.42. The van der Waals surface area contributed by atoms with Crippen LogP contribution in [-0.4, -0.2) is 25.5 Å². The van der Waals surface area contributed by atoms with Crippen molar-refractivity contribution < 1.29 is 0 Å². The highest BCUT2D eigenvalue weighted by molar-refractivity contribution is 7.99. The predicted octanol–water partition coefficient (Wildman–Crippen LogP) is 5.79. The molecular formula is C24H27N5S. The van der Waals surface area contributed by atoms with E-state index < -0.39 is 0 Å². The Hall–Kier alpha value is -2.99. The number of unbranched alkanes of at least 4 members (excludes halogenated alkanes) is 2. The number of aromatic nitrogens is 4. The van der Waals surface area contributed by atoms with E-state index >= 15 is 0 Å². The summed E-state index contributed by atoms with van der Waals surface area (Å²) in [6.45, 7) is 2.97. The molecule has 0 fully saturated rings. The number of hydrogen-bond acceptors (Lipinski definition) is 4. The van der Waals surface area contributed by atoms with E-state index in [0.717, 1.165) is 64.9 Å². The monoisotopic (exact) mass is 417 g/mol. The second kappa shape index (κ2) is 9.67. The van der Waals surface area contributed by atoms with Crippen molar-refractivity contribution in [3.8, 4) is 22.5 Å². The smallest absolute Gasteiger partial charge is 0.166 e. The molecule has 4 aromatic rings. The van der Waals surface area contributed by atoms with Crippen LogP contribution in [0.15, 0.2) is 71.9 Å². The zero-order chi connectivity index (χ0) is 20.8. The van der Waals surface area contributed by atoms with Crippen molar-refractivity contribution in [2.24, 2.45) is 0 Å². The van der Waals surface area contributed by atoms with Crippen LogP contribution in [0.5, 0.6) is 0 Å². The minimum Gasteiger partial charge on any atom is -0.382 e. The van der Waals surface area contributed by atoms with Crippen molar-refractivity contribution in [1.29, 1.82) is 0 Å². The molecule has 0 bridgehead atoms. The Morgan fingerprint density at radius 1 is 0.933 bits per heavy atom. The van der Waals surface area contributed by atoms with E-state index in [-0.39, 0.29) is 0 Å². The number of anilines is 1. The molecule has 0 radical (unpaired) electrons. The molecule has 0 aliphatic carbocycles. The molecular weight excluding hydrogens is 390 g/mol. The number of aryl methyl sites for hydroxylation is 2. The Bertz CT molecular complexity index is 1010. The van der Waals surface area contributed by atoms with Gasteiger partial charge in [0, 0.05) is 35.2 Å². The molecule has 0 saturated carbocycles. The van der Waals surface area contributed by atoms with Crippen molar-refractivity contribution in [2.45, 2.75) is 37.9 Å². The van der Waals surface area contributed by atoms with Gasteiger partial charge in [-0.1, -0.05) is 78.8 Å². The number of aromatic amines is 1. The topological polar surface area (TPSA) is 72.5 Å². The molecule has 0 atom stereocenters. The minimum atomic E-state index is 0.601. The molecule has 0 unspecified atom stereocenters. The quantitative estimate of drug-likeness (QED) is 0.267. The molecule has 30 heavy (non-hydrogen) atoms. The highest BCUT2D eigenvalue weighted by Crippen LogP contribution is 2.32. The molecule has 4 rings (SSSR count). The number of imidazole rings is 1. The maximum atomic E-state index is 5.75. The molecule has 0 spiro atoms. The number of nitrogen functional groups attached to an aromatic ring is 1. The number of hydrogen-bond donors (Lipinski definition) is 2. The fourth-order valence-corrected chi connectivity index (χ4v) is 4.38. The van der Waals surface area contributed by atoms with Gasteiger partial charge in [-0.25, -0.2) is 4.98 Å². The minimum absolute atomic E-state index is 0.601. The van der Waals surface area contributed by atoms with Crippen LogP contribution >= 0.6 is 11.8 Å². The third-order valence-corrected chi connectivity index (χ3v) is 6.00. The number of nitrogens with two attached hydrogens (primary N) is 1. The number of rotatable bonds is 9. The van der Waals surface area contributed by atoms with Crippen LogP contribution in [0, 0.1) is 6.92 Å². The average molecular weight is 418 g/mol. The predicted molar refractivity (Wildman–Crippen MR) is 125 cm³/mol. The molecule has 154 valence electrons. The Kier molecular flexibility index (Phi) is 6.54. The Morgan fingerprint density at radius 3 is 2.30 bits per heavy atom. The Balaban J connectivity index is 1.36. The largest absolute Gasteiger partial charge is 0.382 e. The van der Waals surface area contributed by atoms with E-state index in [2.05, 4.69) is 58.6 Å². The van der Waals surface area contributed by atoms with Crippen molar-refractivity contribution >= 4 is 17.6 Å². The summed E-state index contributed by atoms with van der Waals surface area (Å²) in [5.41, 5.74) is 11.3. The standard InChI is InChI=1S/C24H27N5S/c1-18-17-21(25)28-29(18)15-9-4-10-16-30-24-26-22(19-11-5-2-6-12-19)23(27-24)20-13-7-3-8-14-20/h2-3,5-8,11-14,17H,4,9-10,15-16H2,1H3,(H2,25,28)(H,26,27). The fourth-order valence-electron chi connectivity index (χ4n) is 3.51. The van der Waals surface area contributed by atoms with Crippen molar-refractivity contribution in [1.82, 2.24) is 19.7 Å². The van der Waals surface area contributed by atoms with E-state index in [1.54, 1.807) is 11.8 Å². The number of H-pyrrole nitrogens is 1. The van der Waals surface area contributed by atoms with E-state index in [9.17, 15) is 0 Å². The number of thioether (sulfide) groups is 1. The summed E-state index contributed by atoms with van der Waals surface area (Å²) >= 11 is 1.79. The lowest BCUT2D eigenvalue weighted by Gasteiger charge is -2.04. The lowest BCUT2D eigenvalue weighted by atomic mass is 10.1. The molecule has 2 aromatic heterocycles. The fraction of sp³-hybridized carbons (Fsp3) is 0.250. The SMILES string of the molecule is Cc1cc(N)nn1CCCCCSc1nc(-c2ccccc2)c(-c2ccccc2)[nH]1. The first-order valence-electron chi connectivity index (χ1n) is 10.3. The summed E-state index contributed by atoms with van der Waals surface area (Å²) in [5.74, 6) is 1.64. The average Bonchev–Trinajstić information content (AvgIpc) is 3.34. The number of benzene rings is 2. The summed E-state index contributed by atoms with van der Waals surface area (Å²) in [7, 11) is 0. The van der Waals surface area contributed by atoms with Gasteiger partial charge in [-0.05, 0) is 19.8 Å². The third-order valence-electron chi connectivity index (χ3n) is 5.04. The zero-order valence-electron chi connectivity index (χ0n) is 17.2. The van der Waals surface area contributed by atoms with E-state index in [0.29, 0.717) is 5.82 Å². The molecule has 5 nitrogen and oxygen atoms in total. The lowest BCUT2D eigenvalue weighted by molar-refractivity contribution is 0.545. The summed E-state index contributed by atoms with van der Waals surface area (Å²) in [5, 5.41) is 5.30. The third kappa shape index (κ3) is 4.94. The van der Waals surface area contributed by atoms with Gasteiger partial charge in [0.05, 0.1) is 11.4 Å². The summed E-state index contributed by atoms with van der Waals surface area (Å²) in [6.07, 6.45) is 3.40. The van der Waals surface area contributed by atoms with Crippen molar-refractivity contribution in [3.05, 3.63) is 72.4 Å². The number of nitrogens with one attached hydrogen (secondary N) is 1. The van der Waals surface area contributed by atoms with Gasteiger partial charge < -0.3 is 10.7 Å². The molecule has 0 saturated heterocycles. The van der Waals surface area contributed by atoms with Crippen LogP contribution in [0.3, 0.4) is 0 Å². The molecule has 0 aliphatic rings. The summed E-state index contributed by atoms with van der Waals surface area (Å²) < 4.78 is 1.99. The van der Waals surface area contributed by atoms with Gasteiger partial charge in [-0.3, -0.25) is 4.68 Å².